The molecule has 0 aliphatic rings. The van der Waals surface area contributed by atoms with Crippen molar-refractivity contribution in [2.24, 2.45) is 0 Å². The lowest BCUT2D eigenvalue weighted by Crippen LogP contribution is -2.43. The van der Waals surface area contributed by atoms with E-state index in [9.17, 15) is 13.5 Å². The van der Waals surface area contributed by atoms with Gasteiger partial charge >= 0.3 is 0 Å². The maximum absolute atomic E-state index is 11.8. The topological polar surface area (TPSA) is 86.6 Å². The van der Waals surface area contributed by atoms with Gasteiger partial charge in [0.1, 0.15) is 4.21 Å². The van der Waals surface area contributed by atoms with Crippen molar-refractivity contribution in [3.8, 4) is 0 Å². The Morgan fingerprint density at radius 1 is 1.62 bits per heavy atom. The van der Waals surface area contributed by atoms with Crippen LogP contribution in [0.1, 0.15) is 6.92 Å². The predicted octanol–water partition coefficient (Wildman–Crippen LogP) is 0.532. The molecule has 3 N–H and O–H groups in total. The molecule has 1 unspecified atom stereocenters. The first-order chi connectivity index (χ1) is 7.28. The smallest absolute Gasteiger partial charge is 0.251 e. The Kier molecular flexibility index (Phi) is 4.49. The van der Waals surface area contributed by atoms with E-state index in [2.05, 4.69) is 20.7 Å². The number of hydrogen-bond donors (Lipinski definition) is 3. The zero-order valence-corrected chi connectivity index (χ0v) is 11.7. The number of rotatable bonds is 5. The Labute approximate surface area is 106 Å². The molecule has 0 aromatic carbocycles. The second-order valence-corrected chi connectivity index (χ2v) is 7.27. The zero-order valence-electron chi connectivity index (χ0n) is 8.47. The van der Waals surface area contributed by atoms with Crippen LogP contribution in [-0.2, 0) is 10.0 Å². The average molecular weight is 330 g/mol. The largest absolute Gasteiger partial charge is 0.393 e. The molecule has 0 spiro atoms. The number of hydrogen-bond acceptors (Lipinski definition) is 5. The van der Waals surface area contributed by atoms with Crippen molar-refractivity contribution in [3.05, 3.63) is 15.9 Å². The van der Waals surface area contributed by atoms with Gasteiger partial charge in [0.2, 0.25) is 0 Å². The SMILES string of the molecule is CC(O)(CO)CNS(=O)(=O)c1sccc1Br. The lowest BCUT2D eigenvalue weighted by Gasteiger charge is -2.20. The Morgan fingerprint density at radius 2 is 2.25 bits per heavy atom. The number of aliphatic hydroxyl groups is 2. The lowest BCUT2D eigenvalue weighted by molar-refractivity contribution is 0.00682. The molecule has 8 heteroatoms. The number of thiophene rings is 1. The molecule has 0 aliphatic heterocycles. The summed E-state index contributed by atoms with van der Waals surface area (Å²) in [6, 6.07) is 1.63. The summed E-state index contributed by atoms with van der Waals surface area (Å²) >= 11 is 4.19. The van der Waals surface area contributed by atoms with E-state index in [1.54, 1.807) is 11.4 Å². The van der Waals surface area contributed by atoms with Crippen molar-refractivity contribution in [2.75, 3.05) is 13.2 Å². The minimum atomic E-state index is -3.64. The Morgan fingerprint density at radius 3 is 2.69 bits per heavy atom. The summed E-state index contributed by atoms with van der Waals surface area (Å²) in [7, 11) is -3.64. The molecule has 0 saturated carbocycles. The van der Waals surface area contributed by atoms with E-state index in [1.807, 2.05) is 0 Å². The van der Waals surface area contributed by atoms with Gasteiger partial charge in [0, 0.05) is 11.0 Å². The maximum Gasteiger partial charge on any atom is 0.251 e. The van der Waals surface area contributed by atoms with Crippen LogP contribution in [0.3, 0.4) is 0 Å². The molecule has 0 amide bonds. The molecule has 0 radical (unpaired) electrons. The Balaban J connectivity index is 2.79. The highest BCUT2D eigenvalue weighted by atomic mass is 79.9. The number of nitrogens with one attached hydrogen (secondary N) is 1. The molecule has 16 heavy (non-hydrogen) atoms. The van der Waals surface area contributed by atoms with Crippen LogP contribution in [0.5, 0.6) is 0 Å². The summed E-state index contributed by atoms with van der Waals surface area (Å²) in [4.78, 5) is 0. The standard InChI is InChI=1S/C8H12BrNO4S2/c1-8(12,5-11)4-10-16(13,14)7-6(9)2-3-15-7/h2-3,10-12H,4-5H2,1H3. The van der Waals surface area contributed by atoms with Gasteiger partial charge in [-0.25, -0.2) is 13.1 Å². The Hall–Kier alpha value is 0.01000. The fraction of sp³-hybridized carbons (Fsp3) is 0.500. The van der Waals surface area contributed by atoms with Crippen molar-refractivity contribution in [1.29, 1.82) is 0 Å². The minimum Gasteiger partial charge on any atom is -0.393 e. The van der Waals surface area contributed by atoms with E-state index in [0.29, 0.717) is 4.47 Å². The quantitative estimate of drug-likeness (QED) is 0.735. The van der Waals surface area contributed by atoms with Gasteiger partial charge in [0.05, 0.1) is 12.2 Å². The molecule has 1 heterocycles. The molecule has 0 saturated heterocycles. The summed E-state index contributed by atoms with van der Waals surface area (Å²) in [5.41, 5.74) is -1.46. The molecule has 0 bridgehead atoms. The van der Waals surface area contributed by atoms with Crippen LogP contribution in [0.25, 0.3) is 0 Å². The Bertz CT molecular complexity index is 454. The summed E-state index contributed by atoms with van der Waals surface area (Å²) in [6.45, 7) is 0.594. The van der Waals surface area contributed by atoms with Crippen molar-refractivity contribution in [2.45, 2.75) is 16.7 Å². The number of sulfonamides is 1. The molecule has 5 nitrogen and oxygen atoms in total. The minimum absolute atomic E-state index is 0.154. The zero-order chi connectivity index (χ0) is 12.4. The first kappa shape index (κ1) is 14.1. The van der Waals surface area contributed by atoms with Crippen molar-refractivity contribution >= 4 is 37.3 Å². The fourth-order valence-corrected chi connectivity index (χ4v) is 4.39. The highest BCUT2D eigenvalue weighted by Gasteiger charge is 2.25. The highest BCUT2D eigenvalue weighted by Crippen LogP contribution is 2.27. The van der Waals surface area contributed by atoms with Gasteiger partial charge in [0.25, 0.3) is 10.0 Å². The normalized spacial score (nSPS) is 16.0. The van der Waals surface area contributed by atoms with Gasteiger partial charge in [-0.15, -0.1) is 11.3 Å². The second-order valence-electron chi connectivity index (χ2n) is 3.54. The fourth-order valence-electron chi connectivity index (χ4n) is 0.844. The molecular weight excluding hydrogens is 318 g/mol. The van der Waals surface area contributed by atoms with Crippen LogP contribution in [0.15, 0.2) is 20.1 Å². The molecule has 0 fully saturated rings. The van der Waals surface area contributed by atoms with Crippen molar-refractivity contribution in [3.63, 3.8) is 0 Å². The van der Waals surface area contributed by atoms with E-state index >= 15 is 0 Å². The van der Waals surface area contributed by atoms with E-state index in [-0.39, 0.29) is 10.8 Å². The summed E-state index contributed by atoms with van der Waals surface area (Å²) in [5.74, 6) is 0. The third-order valence-corrected chi connectivity index (χ3v) is 5.88. The van der Waals surface area contributed by atoms with Gasteiger partial charge in [0.15, 0.2) is 0 Å². The lowest BCUT2D eigenvalue weighted by atomic mass is 10.1. The first-order valence-electron chi connectivity index (χ1n) is 4.34. The monoisotopic (exact) mass is 329 g/mol. The second kappa shape index (κ2) is 5.11. The van der Waals surface area contributed by atoms with Gasteiger partial charge in [-0.1, -0.05) is 0 Å². The van der Waals surface area contributed by atoms with Gasteiger partial charge in [-0.2, -0.15) is 0 Å². The van der Waals surface area contributed by atoms with Crippen LogP contribution in [0, 0.1) is 0 Å². The molecule has 1 aromatic rings. The summed E-state index contributed by atoms with van der Waals surface area (Å²) in [6.07, 6.45) is 0. The number of aliphatic hydroxyl groups excluding tert-OH is 1. The molecule has 1 aromatic heterocycles. The molecule has 1 atom stereocenters. The highest BCUT2D eigenvalue weighted by molar-refractivity contribution is 9.10. The third-order valence-electron chi connectivity index (χ3n) is 1.81. The molecular formula is C8H12BrNO4S2. The van der Waals surface area contributed by atoms with Crippen molar-refractivity contribution in [1.82, 2.24) is 4.72 Å². The van der Waals surface area contributed by atoms with Crippen molar-refractivity contribution < 1.29 is 18.6 Å². The van der Waals surface area contributed by atoms with Crippen LogP contribution < -0.4 is 4.72 Å². The predicted molar refractivity (Wildman–Crippen MR) is 64.9 cm³/mol. The van der Waals surface area contributed by atoms with E-state index in [4.69, 9.17) is 5.11 Å². The molecule has 0 aliphatic carbocycles. The van der Waals surface area contributed by atoms with E-state index in [1.165, 1.54) is 6.92 Å². The summed E-state index contributed by atoms with van der Waals surface area (Å²) < 4.78 is 26.4. The van der Waals surface area contributed by atoms with Crippen LogP contribution in [0.2, 0.25) is 0 Å². The summed E-state index contributed by atoms with van der Waals surface area (Å²) in [5, 5.41) is 19.9. The van der Waals surface area contributed by atoms with Crippen LogP contribution in [-0.4, -0.2) is 37.4 Å². The van der Waals surface area contributed by atoms with Gasteiger partial charge in [-0.3, -0.25) is 0 Å². The molecule has 92 valence electrons. The van der Waals surface area contributed by atoms with E-state index < -0.39 is 22.2 Å². The van der Waals surface area contributed by atoms with Crippen LogP contribution >= 0.6 is 27.3 Å². The first-order valence-corrected chi connectivity index (χ1v) is 7.50. The van der Waals surface area contributed by atoms with Crippen LogP contribution in [0.4, 0.5) is 0 Å². The van der Waals surface area contributed by atoms with Gasteiger partial charge in [-0.05, 0) is 34.3 Å². The van der Waals surface area contributed by atoms with E-state index in [0.717, 1.165) is 11.3 Å². The average Bonchev–Trinajstić information content (AvgIpc) is 2.63. The van der Waals surface area contributed by atoms with Gasteiger partial charge < -0.3 is 10.2 Å². The third kappa shape index (κ3) is 3.51. The maximum atomic E-state index is 11.8. The number of halogens is 1. The molecule has 1 rings (SSSR count).